The van der Waals surface area contributed by atoms with Gasteiger partial charge in [-0.2, -0.15) is 0 Å². The first-order valence-corrected chi connectivity index (χ1v) is 6.59. The Labute approximate surface area is 118 Å². The molecule has 0 aliphatic carbocycles. The number of benzene rings is 1. The SMILES string of the molecule is Cc1cc(NCc2ccc(Cl)s2)c([N+](=O)[O-])cc1F. The van der Waals surface area contributed by atoms with Gasteiger partial charge in [0.15, 0.2) is 0 Å². The Hall–Kier alpha value is -1.66. The number of nitrogens with one attached hydrogen (secondary N) is 1. The molecule has 0 unspecified atom stereocenters. The average molecular weight is 301 g/mol. The van der Waals surface area contributed by atoms with Gasteiger partial charge in [0, 0.05) is 11.4 Å². The van der Waals surface area contributed by atoms with E-state index in [0.717, 1.165) is 10.9 Å². The first kappa shape index (κ1) is 13.8. The zero-order valence-electron chi connectivity index (χ0n) is 9.94. The highest BCUT2D eigenvalue weighted by Crippen LogP contribution is 2.29. The van der Waals surface area contributed by atoms with E-state index in [1.807, 2.05) is 6.07 Å². The van der Waals surface area contributed by atoms with Crippen molar-refractivity contribution in [2.75, 3.05) is 5.32 Å². The number of halogens is 2. The fraction of sp³-hybridized carbons (Fsp3) is 0.167. The largest absolute Gasteiger partial charge is 0.375 e. The van der Waals surface area contributed by atoms with Gasteiger partial charge in [0.1, 0.15) is 11.5 Å². The second kappa shape index (κ2) is 5.54. The van der Waals surface area contributed by atoms with Crippen molar-refractivity contribution < 1.29 is 9.31 Å². The van der Waals surface area contributed by atoms with Crippen LogP contribution in [-0.4, -0.2) is 4.92 Å². The van der Waals surface area contributed by atoms with Crippen LogP contribution in [0, 0.1) is 22.9 Å². The lowest BCUT2D eigenvalue weighted by Gasteiger charge is -2.07. The Balaban J connectivity index is 2.23. The highest BCUT2D eigenvalue weighted by Gasteiger charge is 2.16. The monoisotopic (exact) mass is 300 g/mol. The summed E-state index contributed by atoms with van der Waals surface area (Å²) in [6, 6.07) is 5.96. The van der Waals surface area contributed by atoms with Crippen LogP contribution in [0.15, 0.2) is 24.3 Å². The van der Waals surface area contributed by atoms with Gasteiger partial charge in [-0.1, -0.05) is 11.6 Å². The Morgan fingerprint density at radius 1 is 1.47 bits per heavy atom. The van der Waals surface area contributed by atoms with Gasteiger partial charge in [0.25, 0.3) is 5.69 Å². The highest BCUT2D eigenvalue weighted by molar-refractivity contribution is 7.16. The number of nitrogens with zero attached hydrogens (tertiary/aromatic N) is 1. The number of nitro groups is 1. The molecule has 4 nitrogen and oxygen atoms in total. The van der Waals surface area contributed by atoms with Gasteiger partial charge in [-0.3, -0.25) is 10.1 Å². The number of rotatable bonds is 4. The minimum atomic E-state index is -0.605. The fourth-order valence-corrected chi connectivity index (χ4v) is 2.62. The van der Waals surface area contributed by atoms with Gasteiger partial charge in [0.2, 0.25) is 0 Å². The van der Waals surface area contributed by atoms with E-state index < -0.39 is 10.7 Å². The lowest BCUT2D eigenvalue weighted by molar-refractivity contribution is -0.384. The predicted octanol–water partition coefficient (Wildman–Crippen LogP) is 4.37. The van der Waals surface area contributed by atoms with E-state index in [1.165, 1.54) is 17.4 Å². The summed E-state index contributed by atoms with van der Waals surface area (Å²) in [7, 11) is 0. The Morgan fingerprint density at radius 2 is 2.21 bits per heavy atom. The summed E-state index contributed by atoms with van der Waals surface area (Å²) in [5, 5.41) is 13.8. The number of aryl methyl sites for hydroxylation is 1. The second-order valence-corrected chi connectivity index (χ2v) is 5.73. The molecule has 2 rings (SSSR count). The van der Waals surface area contributed by atoms with Crippen LogP contribution >= 0.6 is 22.9 Å². The maximum atomic E-state index is 13.3. The van der Waals surface area contributed by atoms with E-state index in [2.05, 4.69) is 5.32 Å². The lowest BCUT2D eigenvalue weighted by atomic mass is 10.2. The minimum absolute atomic E-state index is 0.272. The summed E-state index contributed by atoms with van der Waals surface area (Å²) in [5.74, 6) is -0.587. The number of hydrogen-bond donors (Lipinski definition) is 1. The molecule has 1 aromatic carbocycles. The van der Waals surface area contributed by atoms with Crippen LogP contribution in [-0.2, 0) is 6.54 Å². The molecule has 0 saturated heterocycles. The number of thiophene rings is 1. The number of hydrogen-bond acceptors (Lipinski definition) is 4. The molecule has 7 heteroatoms. The first-order chi connectivity index (χ1) is 8.97. The summed E-state index contributed by atoms with van der Waals surface area (Å²) in [5.41, 5.74) is 0.386. The molecule has 2 aromatic rings. The van der Waals surface area contributed by atoms with Crippen molar-refractivity contribution in [1.29, 1.82) is 0 Å². The van der Waals surface area contributed by atoms with Crippen molar-refractivity contribution in [2.24, 2.45) is 0 Å². The summed E-state index contributed by atoms with van der Waals surface area (Å²) >= 11 is 7.19. The predicted molar refractivity (Wildman–Crippen MR) is 74.4 cm³/mol. The molecular weight excluding hydrogens is 291 g/mol. The van der Waals surface area contributed by atoms with Crippen LogP contribution in [0.5, 0.6) is 0 Å². The molecule has 1 heterocycles. The number of nitro benzene ring substituents is 1. The summed E-state index contributed by atoms with van der Waals surface area (Å²) < 4.78 is 14.0. The van der Waals surface area contributed by atoms with Crippen molar-refractivity contribution in [1.82, 2.24) is 0 Å². The zero-order valence-corrected chi connectivity index (χ0v) is 11.5. The van der Waals surface area contributed by atoms with Crippen LogP contribution in [0.3, 0.4) is 0 Å². The maximum absolute atomic E-state index is 13.3. The van der Waals surface area contributed by atoms with Gasteiger partial charge in [-0.15, -0.1) is 11.3 Å². The van der Waals surface area contributed by atoms with Gasteiger partial charge in [0.05, 0.1) is 15.3 Å². The van der Waals surface area contributed by atoms with Crippen molar-refractivity contribution in [2.45, 2.75) is 13.5 Å². The van der Waals surface area contributed by atoms with Gasteiger partial charge in [-0.05, 0) is 30.7 Å². The van der Waals surface area contributed by atoms with Crippen LogP contribution in [0.1, 0.15) is 10.4 Å². The number of anilines is 1. The summed E-state index contributed by atoms with van der Waals surface area (Å²) in [4.78, 5) is 11.2. The summed E-state index contributed by atoms with van der Waals surface area (Å²) in [6.07, 6.45) is 0. The average Bonchev–Trinajstić information content (AvgIpc) is 2.76. The molecule has 0 radical (unpaired) electrons. The Morgan fingerprint density at radius 3 is 2.79 bits per heavy atom. The lowest BCUT2D eigenvalue weighted by Crippen LogP contribution is -2.03. The molecule has 1 aromatic heterocycles. The quantitative estimate of drug-likeness (QED) is 0.674. The van der Waals surface area contributed by atoms with E-state index in [9.17, 15) is 14.5 Å². The van der Waals surface area contributed by atoms with Gasteiger partial charge >= 0.3 is 0 Å². The van der Waals surface area contributed by atoms with Crippen molar-refractivity contribution in [3.8, 4) is 0 Å². The molecule has 0 spiro atoms. The van der Waals surface area contributed by atoms with Crippen molar-refractivity contribution >= 4 is 34.3 Å². The standard InChI is InChI=1S/C12H10ClFN2O2S/c1-7-4-10(11(16(17)18)5-9(7)14)15-6-8-2-3-12(13)19-8/h2-5,15H,6H2,1H3. The Kier molecular flexibility index (Phi) is 4.01. The van der Waals surface area contributed by atoms with Crippen molar-refractivity contribution in [3.63, 3.8) is 0 Å². The normalized spacial score (nSPS) is 10.5. The molecule has 0 aliphatic rings. The molecule has 100 valence electrons. The van der Waals surface area contributed by atoms with Crippen molar-refractivity contribution in [3.05, 3.63) is 55.0 Å². The van der Waals surface area contributed by atoms with Crippen LogP contribution in [0.4, 0.5) is 15.8 Å². The topological polar surface area (TPSA) is 55.2 Å². The fourth-order valence-electron chi connectivity index (χ4n) is 1.59. The molecule has 0 saturated carbocycles. The zero-order chi connectivity index (χ0) is 14.0. The van der Waals surface area contributed by atoms with E-state index in [0.29, 0.717) is 22.1 Å². The molecule has 0 bridgehead atoms. The van der Waals surface area contributed by atoms with E-state index in [1.54, 1.807) is 13.0 Å². The Bertz CT molecular complexity index is 630. The molecular formula is C12H10ClFN2O2S. The molecule has 0 fully saturated rings. The third-order valence-corrected chi connectivity index (χ3v) is 3.79. The van der Waals surface area contributed by atoms with Gasteiger partial charge in [-0.25, -0.2) is 4.39 Å². The van der Waals surface area contributed by atoms with E-state index in [4.69, 9.17) is 11.6 Å². The highest BCUT2D eigenvalue weighted by atomic mass is 35.5. The van der Waals surface area contributed by atoms with Crippen LogP contribution < -0.4 is 5.32 Å². The van der Waals surface area contributed by atoms with E-state index in [-0.39, 0.29) is 5.69 Å². The molecule has 1 N–H and O–H groups in total. The van der Waals surface area contributed by atoms with Gasteiger partial charge < -0.3 is 5.32 Å². The third-order valence-electron chi connectivity index (χ3n) is 2.56. The third kappa shape index (κ3) is 3.21. The molecule has 0 aliphatic heterocycles. The van der Waals surface area contributed by atoms with Crippen LogP contribution in [0.2, 0.25) is 4.34 Å². The summed E-state index contributed by atoms with van der Waals surface area (Å²) in [6.45, 7) is 1.97. The maximum Gasteiger partial charge on any atom is 0.295 e. The molecule has 19 heavy (non-hydrogen) atoms. The smallest absolute Gasteiger partial charge is 0.295 e. The van der Waals surface area contributed by atoms with Crippen LogP contribution in [0.25, 0.3) is 0 Å². The van der Waals surface area contributed by atoms with E-state index >= 15 is 0 Å². The molecule has 0 amide bonds. The minimum Gasteiger partial charge on any atom is -0.375 e. The first-order valence-electron chi connectivity index (χ1n) is 5.40. The molecule has 0 atom stereocenters. The second-order valence-electron chi connectivity index (χ2n) is 3.94.